The SMILES string of the molecule is CCC(C#N)C1CCN(c2ccc(N3C[C@H](CNC(C)=O)OC3=O)cc2F)CC1. The van der Waals surface area contributed by atoms with E-state index in [1.165, 1.54) is 17.9 Å². The summed E-state index contributed by atoms with van der Waals surface area (Å²) in [6.45, 7) is 5.34. The molecule has 0 aliphatic carbocycles. The Kier molecular flexibility index (Phi) is 6.57. The molecule has 0 bridgehead atoms. The molecule has 3 rings (SSSR count). The van der Waals surface area contributed by atoms with Gasteiger partial charge < -0.3 is 15.0 Å². The Bertz CT molecular complexity index is 802. The third kappa shape index (κ3) is 4.78. The lowest BCUT2D eigenvalue weighted by Gasteiger charge is -2.35. The van der Waals surface area contributed by atoms with Crippen LogP contribution in [-0.2, 0) is 9.53 Å². The van der Waals surface area contributed by atoms with Gasteiger partial charge in [0.2, 0.25) is 5.91 Å². The molecule has 0 radical (unpaired) electrons. The lowest BCUT2D eigenvalue weighted by molar-refractivity contribution is -0.119. The summed E-state index contributed by atoms with van der Waals surface area (Å²) in [5.41, 5.74) is 0.951. The van der Waals surface area contributed by atoms with E-state index in [9.17, 15) is 19.2 Å². The summed E-state index contributed by atoms with van der Waals surface area (Å²) in [6, 6.07) is 7.15. The normalized spacial score (nSPS) is 20.9. The van der Waals surface area contributed by atoms with Gasteiger partial charge in [-0.15, -0.1) is 0 Å². The van der Waals surface area contributed by atoms with Gasteiger partial charge in [0.1, 0.15) is 11.9 Å². The van der Waals surface area contributed by atoms with Crippen molar-refractivity contribution < 1.29 is 18.7 Å². The second-order valence-electron chi connectivity index (χ2n) is 7.66. The Morgan fingerprint density at radius 2 is 2.14 bits per heavy atom. The molecule has 2 aliphatic rings. The zero-order valence-corrected chi connectivity index (χ0v) is 16.9. The minimum absolute atomic E-state index is 0.0657. The number of carbonyl (C=O) groups is 2. The topological polar surface area (TPSA) is 85.7 Å². The molecule has 0 saturated carbocycles. The molecule has 2 amide bonds. The Labute approximate surface area is 170 Å². The smallest absolute Gasteiger partial charge is 0.414 e. The highest BCUT2D eigenvalue weighted by molar-refractivity contribution is 5.90. The summed E-state index contributed by atoms with van der Waals surface area (Å²) < 4.78 is 20.1. The molecule has 156 valence electrons. The zero-order chi connectivity index (χ0) is 21.0. The van der Waals surface area contributed by atoms with E-state index in [1.807, 2.05) is 11.8 Å². The maximum absolute atomic E-state index is 14.8. The molecule has 29 heavy (non-hydrogen) atoms. The van der Waals surface area contributed by atoms with E-state index in [0.717, 1.165) is 19.3 Å². The van der Waals surface area contributed by atoms with Gasteiger partial charge in [-0.1, -0.05) is 6.92 Å². The molecule has 1 N–H and O–H groups in total. The number of hydrogen-bond acceptors (Lipinski definition) is 5. The highest BCUT2D eigenvalue weighted by atomic mass is 19.1. The minimum Gasteiger partial charge on any atom is -0.442 e. The second-order valence-corrected chi connectivity index (χ2v) is 7.66. The Morgan fingerprint density at radius 1 is 1.41 bits per heavy atom. The number of amides is 2. The van der Waals surface area contributed by atoms with Crippen LogP contribution in [0.5, 0.6) is 0 Å². The highest BCUT2D eigenvalue weighted by Gasteiger charge is 2.33. The van der Waals surface area contributed by atoms with Gasteiger partial charge in [-0.05, 0) is 43.4 Å². The number of nitriles is 1. The van der Waals surface area contributed by atoms with E-state index in [2.05, 4.69) is 11.4 Å². The Hall–Kier alpha value is -2.82. The number of carbonyl (C=O) groups excluding carboxylic acids is 2. The van der Waals surface area contributed by atoms with Gasteiger partial charge in [0.05, 0.1) is 30.5 Å². The lowest BCUT2D eigenvalue weighted by atomic mass is 9.83. The van der Waals surface area contributed by atoms with Crippen LogP contribution in [0.4, 0.5) is 20.6 Å². The molecule has 2 heterocycles. The number of anilines is 2. The van der Waals surface area contributed by atoms with Gasteiger partial charge in [-0.25, -0.2) is 9.18 Å². The predicted octanol–water partition coefficient (Wildman–Crippen LogP) is 3.05. The van der Waals surface area contributed by atoms with Gasteiger partial charge in [-0.3, -0.25) is 9.69 Å². The first-order valence-electron chi connectivity index (χ1n) is 10.1. The number of nitrogens with one attached hydrogen (secondary N) is 1. The van der Waals surface area contributed by atoms with E-state index in [0.29, 0.717) is 30.4 Å². The first-order valence-corrected chi connectivity index (χ1v) is 10.1. The number of nitrogens with zero attached hydrogens (tertiary/aromatic N) is 3. The summed E-state index contributed by atoms with van der Waals surface area (Å²) >= 11 is 0. The largest absolute Gasteiger partial charge is 0.442 e. The quantitative estimate of drug-likeness (QED) is 0.790. The van der Waals surface area contributed by atoms with Gasteiger partial charge in [-0.2, -0.15) is 5.26 Å². The van der Waals surface area contributed by atoms with Gasteiger partial charge in [0.25, 0.3) is 0 Å². The summed E-state index contributed by atoms with van der Waals surface area (Å²) in [4.78, 5) is 26.5. The van der Waals surface area contributed by atoms with Crippen LogP contribution < -0.4 is 15.1 Å². The van der Waals surface area contributed by atoms with Crippen LogP contribution in [0.15, 0.2) is 18.2 Å². The highest BCUT2D eigenvalue weighted by Crippen LogP contribution is 2.32. The van der Waals surface area contributed by atoms with Gasteiger partial charge in [0.15, 0.2) is 0 Å². The van der Waals surface area contributed by atoms with Crippen molar-refractivity contribution in [1.29, 1.82) is 5.26 Å². The standard InChI is InChI=1S/C21H27FN4O3/c1-3-15(11-23)16-6-8-25(9-7-16)20-5-4-17(10-19(20)22)26-13-18(29-21(26)28)12-24-14(2)27/h4-5,10,15-16,18H,3,6-9,12-13H2,1-2H3,(H,24,27)/t15?,18-/m0/s1. The summed E-state index contributed by atoms with van der Waals surface area (Å²) in [5, 5.41) is 11.9. The summed E-state index contributed by atoms with van der Waals surface area (Å²) in [7, 11) is 0. The van der Waals surface area contributed by atoms with E-state index < -0.39 is 12.2 Å². The first kappa shape index (κ1) is 20.9. The van der Waals surface area contributed by atoms with Crippen LogP contribution in [0, 0.1) is 29.0 Å². The molecule has 1 aromatic rings. The van der Waals surface area contributed by atoms with Crippen LogP contribution in [0.2, 0.25) is 0 Å². The molecular weight excluding hydrogens is 375 g/mol. The van der Waals surface area contributed by atoms with Crippen molar-refractivity contribution in [3.63, 3.8) is 0 Å². The fraction of sp³-hybridized carbons (Fsp3) is 0.571. The van der Waals surface area contributed by atoms with E-state index in [1.54, 1.807) is 12.1 Å². The maximum atomic E-state index is 14.8. The maximum Gasteiger partial charge on any atom is 0.414 e. The number of hydrogen-bond donors (Lipinski definition) is 1. The number of cyclic esters (lactones) is 1. The molecule has 2 atom stereocenters. The monoisotopic (exact) mass is 402 g/mol. The van der Waals surface area contributed by atoms with Crippen molar-refractivity contribution in [3.05, 3.63) is 24.0 Å². The van der Waals surface area contributed by atoms with Gasteiger partial charge in [0, 0.05) is 25.9 Å². The second kappa shape index (κ2) is 9.12. The third-order valence-corrected chi connectivity index (χ3v) is 5.75. The predicted molar refractivity (Wildman–Crippen MR) is 107 cm³/mol. The Balaban J connectivity index is 1.63. The van der Waals surface area contributed by atoms with Crippen LogP contribution in [0.25, 0.3) is 0 Å². The molecule has 7 nitrogen and oxygen atoms in total. The molecule has 1 unspecified atom stereocenters. The average molecular weight is 402 g/mol. The summed E-state index contributed by atoms with van der Waals surface area (Å²) in [5.74, 6) is -0.149. The van der Waals surface area contributed by atoms with Crippen LogP contribution in [0.1, 0.15) is 33.1 Å². The van der Waals surface area contributed by atoms with Crippen LogP contribution >= 0.6 is 0 Å². The molecule has 2 aliphatic heterocycles. The number of piperidine rings is 1. The third-order valence-electron chi connectivity index (χ3n) is 5.75. The molecule has 8 heteroatoms. The summed E-state index contributed by atoms with van der Waals surface area (Å²) in [6.07, 6.45) is 1.59. The average Bonchev–Trinajstić information content (AvgIpc) is 3.08. The molecular formula is C21H27FN4O3. The molecule has 0 aromatic heterocycles. The van der Waals surface area contributed by atoms with Crippen molar-refractivity contribution in [2.75, 3.05) is 36.0 Å². The lowest BCUT2D eigenvalue weighted by Crippen LogP contribution is -2.36. The molecule has 1 aromatic carbocycles. The molecule has 0 spiro atoms. The van der Waals surface area contributed by atoms with Crippen molar-refractivity contribution >= 4 is 23.4 Å². The van der Waals surface area contributed by atoms with Crippen molar-refractivity contribution in [2.24, 2.45) is 11.8 Å². The van der Waals surface area contributed by atoms with Crippen LogP contribution in [0.3, 0.4) is 0 Å². The number of benzene rings is 1. The van der Waals surface area contributed by atoms with Gasteiger partial charge >= 0.3 is 6.09 Å². The number of rotatable bonds is 6. The van der Waals surface area contributed by atoms with Crippen molar-refractivity contribution in [3.8, 4) is 6.07 Å². The van der Waals surface area contributed by atoms with Crippen LogP contribution in [-0.4, -0.2) is 44.3 Å². The zero-order valence-electron chi connectivity index (χ0n) is 16.9. The number of halogens is 1. The number of ether oxygens (including phenoxy) is 1. The molecule has 2 saturated heterocycles. The van der Waals surface area contributed by atoms with E-state index in [4.69, 9.17) is 4.74 Å². The first-order chi connectivity index (χ1) is 13.9. The minimum atomic E-state index is -0.546. The molecule has 2 fully saturated rings. The van der Waals surface area contributed by atoms with Crippen molar-refractivity contribution in [1.82, 2.24) is 5.32 Å². The fourth-order valence-electron chi connectivity index (χ4n) is 4.09. The van der Waals surface area contributed by atoms with E-state index >= 15 is 0 Å². The fourth-order valence-corrected chi connectivity index (χ4v) is 4.09. The van der Waals surface area contributed by atoms with E-state index in [-0.39, 0.29) is 30.7 Å². The van der Waals surface area contributed by atoms with Crippen molar-refractivity contribution in [2.45, 2.75) is 39.2 Å². The Morgan fingerprint density at radius 3 is 2.72 bits per heavy atom.